The van der Waals surface area contributed by atoms with E-state index < -0.39 is 6.03 Å². The number of rotatable bonds is 2. The molecule has 0 spiro atoms. The summed E-state index contributed by atoms with van der Waals surface area (Å²) in [5.41, 5.74) is 5.64. The van der Waals surface area contributed by atoms with E-state index in [1.54, 1.807) is 18.2 Å². The minimum Gasteiger partial charge on any atom is -0.350 e. The molecule has 0 aliphatic heterocycles. The molecule has 1 aliphatic rings. The number of benzene rings is 1. The van der Waals surface area contributed by atoms with Gasteiger partial charge in [-0.05, 0) is 36.8 Å². The van der Waals surface area contributed by atoms with Crippen LogP contribution in [0.2, 0.25) is 0 Å². The van der Waals surface area contributed by atoms with E-state index in [0.717, 1.165) is 6.42 Å². The molecule has 0 heterocycles. The van der Waals surface area contributed by atoms with Gasteiger partial charge < -0.3 is 5.73 Å². The second kappa shape index (κ2) is 4.71. The van der Waals surface area contributed by atoms with Crippen LogP contribution in [0.3, 0.4) is 0 Å². The Balaban J connectivity index is 2.08. The Labute approximate surface area is 98.8 Å². The lowest BCUT2D eigenvalue weighted by Crippen LogP contribution is -2.39. The Bertz CT molecular complexity index is 425. The summed E-state index contributed by atoms with van der Waals surface area (Å²) in [6, 6.07) is 5.44. The van der Waals surface area contributed by atoms with Gasteiger partial charge in [-0.1, -0.05) is 18.2 Å². The molecule has 92 valence electrons. The number of carbonyl (C=O) groups excluding carboxylic acids is 1. The first-order valence-corrected chi connectivity index (χ1v) is 5.61. The van der Waals surface area contributed by atoms with Crippen molar-refractivity contribution in [3.63, 3.8) is 0 Å². The number of nitrogens with two attached hydrogens (primary N) is 1. The fraction of sp³-hybridized carbons (Fsp3) is 0.417. The van der Waals surface area contributed by atoms with Crippen LogP contribution in [-0.4, -0.2) is 22.3 Å². The molecule has 0 radical (unpaired) electrons. The van der Waals surface area contributed by atoms with Gasteiger partial charge in [-0.2, -0.15) is 0 Å². The Hall–Kier alpha value is -1.62. The second-order valence-electron chi connectivity index (χ2n) is 4.37. The Morgan fingerprint density at radius 1 is 1.41 bits per heavy atom. The van der Waals surface area contributed by atoms with E-state index in [1.807, 2.05) is 0 Å². The van der Waals surface area contributed by atoms with E-state index in [1.165, 1.54) is 6.07 Å². The van der Waals surface area contributed by atoms with E-state index in [9.17, 15) is 14.4 Å². The predicted octanol–water partition coefficient (Wildman–Crippen LogP) is 2.23. The maximum Gasteiger partial charge on any atom is 0.338 e. The molecule has 2 amide bonds. The van der Waals surface area contributed by atoms with E-state index in [4.69, 9.17) is 5.73 Å². The summed E-state index contributed by atoms with van der Waals surface area (Å²) in [4.78, 5) is 10.8. The number of hydrogen-bond donors (Lipinski definition) is 2. The summed E-state index contributed by atoms with van der Waals surface area (Å²) in [7, 11) is 0. The van der Waals surface area contributed by atoms with Crippen LogP contribution in [0.1, 0.15) is 30.7 Å². The van der Waals surface area contributed by atoms with Crippen LogP contribution in [-0.2, 0) is 0 Å². The number of primary amides is 1. The lowest BCUT2D eigenvalue weighted by Gasteiger charge is -2.20. The molecule has 1 fully saturated rings. The lowest BCUT2D eigenvalue weighted by molar-refractivity contribution is -0.0730. The average Bonchev–Trinajstić information content (AvgIpc) is 2.77. The number of hydrogen-bond acceptors (Lipinski definition) is 2. The van der Waals surface area contributed by atoms with Crippen molar-refractivity contribution >= 4 is 6.03 Å². The van der Waals surface area contributed by atoms with Crippen LogP contribution in [0.15, 0.2) is 24.3 Å². The number of nitrogens with zero attached hydrogens (tertiary/aromatic N) is 1. The molecule has 2 atom stereocenters. The average molecular weight is 238 g/mol. The van der Waals surface area contributed by atoms with Gasteiger partial charge in [-0.15, -0.1) is 0 Å². The van der Waals surface area contributed by atoms with Crippen LogP contribution >= 0.6 is 0 Å². The maximum absolute atomic E-state index is 13.6. The molecule has 17 heavy (non-hydrogen) atoms. The first-order chi connectivity index (χ1) is 8.09. The molecule has 1 aromatic rings. The van der Waals surface area contributed by atoms with Crippen molar-refractivity contribution in [2.75, 3.05) is 0 Å². The highest BCUT2D eigenvalue weighted by Gasteiger charge is 2.32. The Morgan fingerprint density at radius 2 is 2.12 bits per heavy atom. The van der Waals surface area contributed by atoms with Gasteiger partial charge in [0.2, 0.25) is 0 Å². The standard InChI is InChI=1S/C12H15FN2O2/c13-11-4-2-1-3-10(11)8-5-6-9(7-8)15(17)12(14)16/h1-4,8-9,17H,5-7H2,(H2,14,16)/t8-,9+/m0/s1. The normalized spacial score (nSPS) is 23.6. The van der Waals surface area contributed by atoms with Gasteiger partial charge >= 0.3 is 6.03 Å². The molecule has 1 aromatic carbocycles. The van der Waals surface area contributed by atoms with Crippen molar-refractivity contribution in [2.24, 2.45) is 5.73 Å². The van der Waals surface area contributed by atoms with Gasteiger partial charge in [0.05, 0.1) is 6.04 Å². The second-order valence-corrected chi connectivity index (χ2v) is 4.37. The SMILES string of the molecule is NC(=O)N(O)[C@@H]1CC[C@H](c2ccccc2F)C1. The highest BCUT2D eigenvalue weighted by molar-refractivity contribution is 5.70. The zero-order valence-corrected chi connectivity index (χ0v) is 9.34. The van der Waals surface area contributed by atoms with Crippen molar-refractivity contribution in [3.05, 3.63) is 35.6 Å². The highest BCUT2D eigenvalue weighted by Crippen LogP contribution is 2.37. The largest absolute Gasteiger partial charge is 0.350 e. The number of halogens is 1. The van der Waals surface area contributed by atoms with Gasteiger partial charge in [-0.25, -0.2) is 14.2 Å². The van der Waals surface area contributed by atoms with Crippen molar-refractivity contribution in [1.29, 1.82) is 0 Å². The number of carbonyl (C=O) groups is 1. The molecule has 0 unspecified atom stereocenters. The third-order valence-electron chi connectivity index (χ3n) is 3.32. The van der Waals surface area contributed by atoms with Gasteiger partial charge in [0.15, 0.2) is 0 Å². The molecular weight excluding hydrogens is 223 g/mol. The van der Waals surface area contributed by atoms with Crippen molar-refractivity contribution in [3.8, 4) is 0 Å². The summed E-state index contributed by atoms with van der Waals surface area (Å²) in [5.74, 6) is -0.197. The molecule has 2 rings (SSSR count). The molecule has 1 aliphatic carbocycles. The molecule has 0 saturated heterocycles. The molecular formula is C12H15FN2O2. The monoisotopic (exact) mass is 238 g/mol. The quantitative estimate of drug-likeness (QED) is 0.613. The molecule has 1 saturated carbocycles. The van der Waals surface area contributed by atoms with Gasteiger partial charge in [0, 0.05) is 0 Å². The zero-order valence-electron chi connectivity index (χ0n) is 9.34. The van der Waals surface area contributed by atoms with Crippen LogP contribution in [0, 0.1) is 5.82 Å². The number of amides is 2. The first kappa shape index (κ1) is 11.9. The summed E-state index contributed by atoms with van der Waals surface area (Å²) in [6.45, 7) is 0. The number of urea groups is 1. The minimum absolute atomic E-state index is 0.0372. The van der Waals surface area contributed by atoms with Crippen molar-refractivity contribution in [2.45, 2.75) is 31.2 Å². The molecule has 0 bridgehead atoms. The van der Waals surface area contributed by atoms with E-state index in [2.05, 4.69) is 0 Å². The fourth-order valence-corrected chi connectivity index (χ4v) is 2.45. The van der Waals surface area contributed by atoms with E-state index in [0.29, 0.717) is 23.5 Å². The van der Waals surface area contributed by atoms with Crippen LogP contribution < -0.4 is 5.73 Å². The zero-order chi connectivity index (χ0) is 12.4. The summed E-state index contributed by atoms with van der Waals surface area (Å²) < 4.78 is 13.6. The maximum atomic E-state index is 13.6. The molecule has 0 aromatic heterocycles. The van der Waals surface area contributed by atoms with E-state index >= 15 is 0 Å². The summed E-state index contributed by atoms with van der Waals surface area (Å²) in [6.07, 6.45) is 1.93. The van der Waals surface area contributed by atoms with Gasteiger partial charge in [-0.3, -0.25) is 5.21 Å². The lowest BCUT2D eigenvalue weighted by atomic mass is 9.97. The Kier molecular flexibility index (Phi) is 3.28. The van der Waals surface area contributed by atoms with E-state index in [-0.39, 0.29) is 17.8 Å². The molecule has 4 nitrogen and oxygen atoms in total. The van der Waals surface area contributed by atoms with Crippen LogP contribution in [0.5, 0.6) is 0 Å². The third-order valence-corrected chi connectivity index (χ3v) is 3.32. The van der Waals surface area contributed by atoms with Gasteiger partial charge in [0.1, 0.15) is 5.82 Å². The third kappa shape index (κ3) is 2.39. The topological polar surface area (TPSA) is 66.6 Å². The predicted molar refractivity (Wildman–Crippen MR) is 60.0 cm³/mol. The first-order valence-electron chi connectivity index (χ1n) is 5.61. The van der Waals surface area contributed by atoms with Gasteiger partial charge in [0.25, 0.3) is 0 Å². The molecule has 5 heteroatoms. The molecule has 3 N–H and O–H groups in total. The van der Waals surface area contributed by atoms with Crippen LogP contribution in [0.25, 0.3) is 0 Å². The van der Waals surface area contributed by atoms with Crippen molar-refractivity contribution < 1.29 is 14.4 Å². The smallest absolute Gasteiger partial charge is 0.338 e. The van der Waals surface area contributed by atoms with Crippen molar-refractivity contribution in [1.82, 2.24) is 5.06 Å². The summed E-state index contributed by atoms with van der Waals surface area (Å²) in [5, 5.41) is 9.98. The minimum atomic E-state index is -0.857. The fourth-order valence-electron chi connectivity index (χ4n) is 2.45. The highest BCUT2D eigenvalue weighted by atomic mass is 19.1. The summed E-state index contributed by atoms with van der Waals surface area (Å²) >= 11 is 0. The number of hydroxylamine groups is 2. The van der Waals surface area contributed by atoms with Crippen LogP contribution in [0.4, 0.5) is 9.18 Å². The Morgan fingerprint density at radius 3 is 2.76 bits per heavy atom.